The molecule has 5 N–H and O–H groups in total. The van der Waals surface area contributed by atoms with Crippen LogP contribution in [0.3, 0.4) is 0 Å². The zero-order chi connectivity index (χ0) is 25.5. The summed E-state index contributed by atoms with van der Waals surface area (Å²) < 4.78 is 3.83. The van der Waals surface area contributed by atoms with Crippen LogP contribution in [0.15, 0.2) is 67.5 Å². The molecule has 12 nitrogen and oxygen atoms in total. The molecule has 12 heteroatoms. The van der Waals surface area contributed by atoms with Gasteiger partial charge in [0.05, 0.1) is 23.4 Å². The number of carbonyl (C=O) groups is 1. The first-order valence-corrected chi connectivity index (χ1v) is 11.3. The summed E-state index contributed by atoms with van der Waals surface area (Å²) in [6.45, 7) is 1.18. The molecule has 0 fully saturated rings. The SMILES string of the molecule is Nc1nc(NCCCn2cc(C(=O)NCCO)c(-c3ccc(-n4ccnc4)cc3)c2)ccc1[N+](=O)[O-]. The molecule has 0 bridgehead atoms. The number of imidazole rings is 1. The van der Waals surface area contributed by atoms with Crippen LogP contribution < -0.4 is 16.4 Å². The number of aryl methyl sites for hydroxylation is 1. The van der Waals surface area contributed by atoms with Crippen molar-refractivity contribution >= 4 is 23.2 Å². The van der Waals surface area contributed by atoms with Crippen LogP contribution in [0.1, 0.15) is 16.8 Å². The molecule has 1 aromatic carbocycles. The average Bonchev–Trinajstić information content (AvgIpc) is 3.56. The van der Waals surface area contributed by atoms with E-state index in [1.165, 1.54) is 12.1 Å². The third-order valence-electron chi connectivity index (χ3n) is 5.50. The third kappa shape index (κ3) is 5.67. The van der Waals surface area contributed by atoms with E-state index in [0.717, 1.165) is 16.8 Å². The average molecular weight is 491 g/mol. The Balaban J connectivity index is 1.45. The van der Waals surface area contributed by atoms with Gasteiger partial charge in [-0.15, -0.1) is 0 Å². The Hall–Kier alpha value is -4.71. The molecule has 4 rings (SSSR count). The molecule has 0 spiro atoms. The van der Waals surface area contributed by atoms with Crippen LogP contribution in [0.2, 0.25) is 0 Å². The molecule has 0 saturated carbocycles. The quantitative estimate of drug-likeness (QED) is 0.141. The summed E-state index contributed by atoms with van der Waals surface area (Å²) in [5.74, 6) is 0.0474. The number of benzene rings is 1. The molecule has 0 aliphatic heterocycles. The van der Waals surface area contributed by atoms with Crippen molar-refractivity contribution in [2.75, 3.05) is 30.7 Å². The highest BCUT2D eigenvalue weighted by Gasteiger charge is 2.16. The second-order valence-corrected chi connectivity index (χ2v) is 7.96. The number of carbonyl (C=O) groups excluding carboxylic acids is 1. The number of nitrogen functional groups attached to an aromatic ring is 1. The van der Waals surface area contributed by atoms with Crippen LogP contribution in [-0.2, 0) is 6.54 Å². The third-order valence-corrected chi connectivity index (χ3v) is 5.50. The Morgan fingerprint density at radius 3 is 2.61 bits per heavy atom. The zero-order valence-corrected chi connectivity index (χ0v) is 19.4. The van der Waals surface area contributed by atoms with E-state index >= 15 is 0 Å². The lowest BCUT2D eigenvalue weighted by atomic mass is 10.0. The van der Waals surface area contributed by atoms with Gasteiger partial charge in [-0.05, 0) is 30.2 Å². The fourth-order valence-electron chi connectivity index (χ4n) is 3.74. The van der Waals surface area contributed by atoms with Gasteiger partial charge < -0.3 is 30.6 Å². The number of aliphatic hydroxyl groups is 1. The number of nitrogens with one attached hydrogen (secondary N) is 2. The van der Waals surface area contributed by atoms with E-state index in [2.05, 4.69) is 20.6 Å². The van der Waals surface area contributed by atoms with E-state index in [1.807, 2.05) is 45.8 Å². The van der Waals surface area contributed by atoms with Gasteiger partial charge in [-0.2, -0.15) is 0 Å². The maximum Gasteiger partial charge on any atom is 0.311 e. The van der Waals surface area contributed by atoms with Crippen LogP contribution >= 0.6 is 0 Å². The molecule has 0 radical (unpaired) electrons. The van der Waals surface area contributed by atoms with Crippen LogP contribution in [0.4, 0.5) is 17.3 Å². The van der Waals surface area contributed by atoms with Gasteiger partial charge in [0, 0.05) is 61.7 Å². The predicted molar refractivity (Wildman–Crippen MR) is 135 cm³/mol. The van der Waals surface area contributed by atoms with E-state index in [4.69, 9.17) is 10.8 Å². The van der Waals surface area contributed by atoms with Gasteiger partial charge in [0.25, 0.3) is 5.91 Å². The van der Waals surface area contributed by atoms with E-state index in [1.54, 1.807) is 18.7 Å². The fraction of sp³-hybridized carbons (Fsp3) is 0.208. The van der Waals surface area contributed by atoms with E-state index in [-0.39, 0.29) is 30.6 Å². The summed E-state index contributed by atoms with van der Waals surface area (Å²) in [5.41, 5.74) is 8.53. The van der Waals surface area contributed by atoms with E-state index in [0.29, 0.717) is 30.9 Å². The highest BCUT2D eigenvalue weighted by atomic mass is 16.6. The number of nitrogens with two attached hydrogens (primary N) is 1. The van der Waals surface area contributed by atoms with E-state index in [9.17, 15) is 14.9 Å². The minimum atomic E-state index is -0.574. The molecule has 186 valence electrons. The monoisotopic (exact) mass is 490 g/mol. The van der Waals surface area contributed by atoms with Crippen LogP contribution in [0.5, 0.6) is 0 Å². The number of aliphatic hydroxyl groups excluding tert-OH is 1. The Labute approximate surface area is 206 Å². The molecule has 0 atom stereocenters. The lowest BCUT2D eigenvalue weighted by molar-refractivity contribution is -0.384. The number of nitrogens with zero attached hydrogens (tertiary/aromatic N) is 5. The lowest BCUT2D eigenvalue weighted by Crippen LogP contribution is -2.26. The van der Waals surface area contributed by atoms with Crippen LogP contribution in [0, 0.1) is 10.1 Å². The Kier molecular flexibility index (Phi) is 7.56. The van der Waals surface area contributed by atoms with Crippen molar-refractivity contribution < 1.29 is 14.8 Å². The maximum absolute atomic E-state index is 12.8. The number of aromatic nitrogens is 4. The second kappa shape index (κ2) is 11.1. The number of pyridine rings is 1. The predicted octanol–water partition coefficient (Wildman–Crippen LogP) is 2.45. The molecule has 0 saturated heterocycles. The van der Waals surface area contributed by atoms with Gasteiger partial charge in [0.1, 0.15) is 5.82 Å². The summed E-state index contributed by atoms with van der Waals surface area (Å²) in [5, 5.41) is 25.8. The maximum atomic E-state index is 12.8. The fourth-order valence-corrected chi connectivity index (χ4v) is 3.74. The summed E-state index contributed by atoms with van der Waals surface area (Å²) in [4.78, 5) is 31.1. The molecule has 0 aliphatic carbocycles. The molecular weight excluding hydrogens is 464 g/mol. The molecule has 3 aromatic heterocycles. The topological polar surface area (TPSA) is 166 Å². The first kappa shape index (κ1) is 24.4. The van der Waals surface area contributed by atoms with Crippen LogP contribution in [-0.4, -0.2) is 54.7 Å². The molecule has 4 aromatic rings. The minimum absolute atomic E-state index is 0.141. The van der Waals surface area contributed by atoms with Gasteiger partial charge in [0.15, 0.2) is 0 Å². The lowest BCUT2D eigenvalue weighted by Gasteiger charge is -2.07. The molecule has 1 amide bonds. The molecule has 0 aliphatic rings. The van der Waals surface area contributed by atoms with Crippen molar-refractivity contribution in [3.63, 3.8) is 0 Å². The first-order chi connectivity index (χ1) is 17.5. The molecule has 3 heterocycles. The van der Waals surface area contributed by atoms with Gasteiger partial charge in [-0.25, -0.2) is 9.97 Å². The zero-order valence-electron chi connectivity index (χ0n) is 19.4. The Bertz CT molecular complexity index is 1330. The number of amides is 1. The largest absolute Gasteiger partial charge is 0.395 e. The van der Waals surface area contributed by atoms with Gasteiger partial charge in [-0.3, -0.25) is 14.9 Å². The molecule has 36 heavy (non-hydrogen) atoms. The van der Waals surface area contributed by atoms with Gasteiger partial charge in [0.2, 0.25) is 5.82 Å². The van der Waals surface area contributed by atoms with Gasteiger partial charge >= 0.3 is 5.69 Å². The van der Waals surface area contributed by atoms with Crippen molar-refractivity contribution in [1.82, 2.24) is 24.4 Å². The van der Waals surface area contributed by atoms with E-state index < -0.39 is 4.92 Å². The number of nitro groups is 1. The summed E-state index contributed by atoms with van der Waals surface area (Å²) >= 11 is 0. The molecule has 0 unspecified atom stereocenters. The van der Waals surface area contributed by atoms with Crippen molar-refractivity contribution in [3.8, 4) is 16.8 Å². The van der Waals surface area contributed by atoms with Crippen molar-refractivity contribution in [2.45, 2.75) is 13.0 Å². The number of rotatable bonds is 11. The summed E-state index contributed by atoms with van der Waals surface area (Å²) in [7, 11) is 0. The number of anilines is 2. The summed E-state index contributed by atoms with van der Waals surface area (Å²) in [6, 6.07) is 10.6. The van der Waals surface area contributed by atoms with Crippen LogP contribution in [0.25, 0.3) is 16.8 Å². The normalized spacial score (nSPS) is 10.8. The Morgan fingerprint density at radius 2 is 1.94 bits per heavy atom. The standard InChI is InChI=1S/C24H26N8O4/c25-23-21(32(35)36)6-7-22(29-23)27-8-1-11-30-14-19(20(15-30)24(34)28-10-13-33)17-2-4-18(5-3-17)31-12-9-26-16-31/h2-7,9,12,14-16,33H,1,8,10-11,13H2,(H,28,34)(H3,25,27,29). The second-order valence-electron chi connectivity index (χ2n) is 7.96. The summed E-state index contributed by atoms with van der Waals surface area (Å²) in [6.07, 6.45) is 9.68. The number of hydrogen-bond acceptors (Lipinski definition) is 8. The number of hydrogen-bond donors (Lipinski definition) is 4. The van der Waals surface area contributed by atoms with Crippen molar-refractivity contribution in [1.29, 1.82) is 0 Å². The van der Waals surface area contributed by atoms with Gasteiger partial charge in [-0.1, -0.05) is 12.1 Å². The highest BCUT2D eigenvalue weighted by Crippen LogP contribution is 2.27. The van der Waals surface area contributed by atoms with Crippen molar-refractivity contribution in [3.05, 3.63) is 83.2 Å². The molecular formula is C24H26N8O4. The Morgan fingerprint density at radius 1 is 1.14 bits per heavy atom. The first-order valence-electron chi connectivity index (χ1n) is 11.3. The van der Waals surface area contributed by atoms with Crippen molar-refractivity contribution in [2.24, 2.45) is 0 Å². The highest BCUT2D eigenvalue weighted by molar-refractivity contribution is 6.00. The smallest absolute Gasteiger partial charge is 0.311 e. The minimum Gasteiger partial charge on any atom is -0.395 e.